The fourth-order valence-corrected chi connectivity index (χ4v) is 1.84. The van der Waals surface area contributed by atoms with Gasteiger partial charge in [-0.15, -0.1) is 0 Å². The first kappa shape index (κ1) is 8.97. The van der Waals surface area contributed by atoms with Crippen LogP contribution in [-0.2, 0) is 11.3 Å². The van der Waals surface area contributed by atoms with E-state index in [2.05, 4.69) is 4.98 Å². The number of nitrogens with two attached hydrogens (primary N) is 1. The Morgan fingerprint density at radius 2 is 2.46 bits per heavy atom. The van der Waals surface area contributed by atoms with Crippen molar-refractivity contribution in [1.29, 1.82) is 0 Å². The van der Waals surface area contributed by atoms with E-state index in [1.807, 2.05) is 0 Å². The first-order valence-corrected chi connectivity index (χ1v) is 5.44. The van der Waals surface area contributed by atoms with Gasteiger partial charge in [-0.25, -0.2) is 4.98 Å². The molecule has 2 rings (SSSR count). The van der Waals surface area contributed by atoms with Gasteiger partial charge in [0.25, 0.3) is 0 Å². The minimum Gasteiger partial charge on any atom is -0.376 e. The lowest BCUT2D eigenvalue weighted by atomic mass is 10.3. The fourth-order valence-electron chi connectivity index (χ4n) is 1.22. The molecular formula is C9H14N2OS. The highest BCUT2D eigenvalue weighted by atomic mass is 32.1. The maximum atomic E-state index is 5.50. The van der Waals surface area contributed by atoms with Gasteiger partial charge in [-0.3, -0.25) is 0 Å². The van der Waals surface area contributed by atoms with E-state index in [-0.39, 0.29) is 0 Å². The van der Waals surface area contributed by atoms with E-state index in [0.717, 1.165) is 17.4 Å². The second-order valence-corrected chi connectivity index (χ2v) is 4.60. The zero-order valence-corrected chi connectivity index (χ0v) is 8.35. The number of anilines is 1. The molecular weight excluding hydrogens is 184 g/mol. The third kappa shape index (κ3) is 2.97. The van der Waals surface area contributed by atoms with Crippen molar-refractivity contribution in [3.63, 3.8) is 0 Å². The molecule has 1 aliphatic rings. The molecule has 1 aromatic rings. The summed E-state index contributed by atoms with van der Waals surface area (Å²) in [5.74, 6) is 0.950. The van der Waals surface area contributed by atoms with Crippen molar-refractivity contribution in [2.24, 2.45) is 5.92 Å². The molecule has 1 aromatic heterocycles. The molecule has 2 N–H and O–H groups in total. The first-order valence-electron chi connectivity index (χ1n) is 4.62. The van der Waals surface area contributed by atoms with E-state index in [0.29, 0.717) is 11.7 Å². The second kappa shape index (κ2) is 4.07. The minimum atomic E-state index is 0.626. The van der Waals surface area contributed by atoms with Gasteiger partial charge < -0.3 is 10.5 Å². The van der Waals surface area contributed by atoms with Crippen molar-refractivity contribution in [1.82, 2.24) is 4.98 Å². The van der Waals surface area contributed by atoms with Gasteiger partial charge in [0, 0.05) is 12.8 Å². The van der Waals surface area contributed by atoms with Crippen molar-refractivity contribution in [3.05, 3.63) is 11.1 Å². The maximum absolute atomic E-state index is 5.50. The van der Waals surface area contributed by atoms with Gasteiger partial charge in [-0.05, 0) is 12.3 Å². The largest absolute Gasteiger partial charge is 0.376 e. The van der Waals surface area contributed by atoms with Crippen LogP contribution in [0.15, 0.2) is 6.20 Å². The zero-order chi connectivity index (χ0) is 9.10. The number of hydrogen-bond donors (Lipinski definition) is 1. The summed E-state index contributed by atoms with van der Waals surface area (Å²) in [6.07, 6.45) is 5.80. The number of hydrogen-bond acceptors (Lipinski definition) is 4. The first-order chi connectivity index (χ1) is 6.34. The molecule has 3 nitrogen and oxygen atoms in total. The standard InChI is InChI=1S/C9H14N2OS/c10-9-11-5-8(13-9)6-12-4-3-7-1-2-7/h5,7H,1-4,6H2,(H2,10,11). The summed E-state index contributed by atoms with van der Waals surface area (Å²) in [5, 5.41) is 0.626. The van der Waals surface area contributed by atoms with Gasteiger partial charge in [-0.2, -0.15) is 0 Å². The molecule has 0 spiro atoms. The van der Waals surface area contributed by atoms with Crippen molar-refractivity contribution >= 4 is 16.5 Å². The quantitative estimate of drug-likeness (QED) is 0.736. The molecule has 0 unspecified atom stereocenters. The van der Waals surface area contributed by atoms with E-state index in [9.17, 15) is 0 Å². The average molecular weight is 198 g/mol. The Bertz CT molecular complexity index is 270. The Morgan fingerprint density at radius 3 is 3.08 bits per heavy atom. The van der Waals surface area contributed by atoms with Gasteiger partial charge in [0.1, 0.15) is 0 Å². The summed E-state index contributed by atoms with van der Waals surface area (Å²) < 4.78 is 5.50. The van der Waals surface area contributed by atoms with Crippen molar-refractivity contribution in [2.45, 2.75) is 25.9 Å². The highest BCUT2D eigenvalue weighted by Crippen LogP contribution is 2.32. The van der Waals surface area contributed by atoms with E-state index >= 15 is 0 Å². The summed E-state index contributed by atoms with van der Waals surface area (Å²) in [4.78, 5) is 5.08. The summed E-state index contributed by atoms with van der Waals surface area (Å²) in [7, 11) is 0. The van der Waals surface area contributed by atoms with Crippen LogP contribution in [0.25, 0.3) is 0 Å². The lowest BCUT2D eigenvalue weighted by molar-refractivity contribution is 0.117. The highest BCUT2D eigenvalue weighted by molar-refractivity contribution is 7.15. The molecule has 13 heavy (non-hydrogen) atoms. The van der Waals surface area contributed by atoms with E-state index in [4.69, 9.17) is 10.5 Å². The lowest BCUT2D eigenvalue weighted by Crippen LogP contribution is -1.94. The summed E-state index contributed by atoms with van der Waals surface area (Å²) in [5.41, 5.74) is 5.49. The predicted molar refractivity (Wildman–Crippen MR) is 53.5 cm³/mol. The van der Waals surface area contributed by atoms with Crippen molar-refractivity contribution in [2.75, 3.05) is 12.3 Å². The number of nitrogens with zero attached hydrogens (tertiary/aromatic N) is 1. The maximum Gasteiger partial charge on any atom is 0.180 e. The summed E-state index contributed by atoms with van der Waals surface area (Å²) >= 11 is 1.50. The van der Waals surface area contributed by atoms with Crippen LogP contribution < -0.4 is 5.73 Å². The predicted octanol–water partition coefficient (Wildman–Crippen LogP) is 2.04. The van der Waals surface area contributed by atoms with Crippen LogP contribution in [0.2, 0.25) is 0 Å². The van der Waals surface area contributed by atoms with Crippen LogP contribution in [0, 0.1) is 5.92 Å². The molecule has 0 aliphatic heterocycles. The van der Waals surface area contributed by atoms with Crippen LogP contribution in [0.1, 0.15) is 24.1 Å². The molecule has 0 atom stereocenters. The third-order valence-electron chi connectivity index (χ3n) is 2.18. The SMILES string of the molecule is Nc1ncc(COCCC2CC2)s1. The normalized spacial score (nSPS) is 16.3. The number of ether oxygens (including phenoxy) is 1. The van der Waals surface area contributed by atoms with Gasteiger partial charge in [0.2, 0.25) is 0 Å². The molecule has 0 amide bonds. The smallest absolute Gasteiger partial charge is 0.180 e. The zero-order valence-electron chi connectivity index (χ0n) is 7.53. The number of thiazole rings is 1. The molecule has 4 heteroatoms. The number of aromatic nitrogens is 1. The Labute approximate surface area is 81.9 Å². The minimum absolute atomic E-state index is 0.626. The highest BCUT2D eigenvalue weighted by Gasteiger charge is 2.20. The molecule has 0 saturated heterocycles. The number of rotatable bonds is 5. The fraction of sp³-hybridized carbons (Fsp3) is 0.667. The lowest BCUT2D eigenvalue weighted by Gasteiger charge is -1.99. The summed E-state index contributed by atoms with van der Waals surface area (Å²) in [6.45, 7) is 1.55. The summed E-state index contributed by atoms with van der Waals surface area (Å²) in [6, 6.07) is 0. The molecule has 1 heterocycles. The van der Waals surface area contributed by atoms with Crippen LogP contribution in [0.5, 0.6) is 0 Å². The third-order valence-corrected chi connectivity index (χ3v) is 2.98. The topological polar surface area (TPSA) is 48.1 Å². The van der Waals surface area contributed by atoms with Crippen molar-refractivity contribution in [3.8, 4) is 0 Å². The Balaban J connectivity index is 1.61. The Hall–Kier alpha value is -0.610. The van der Waals surface area contributed by atoms with E-state index in [1.165, 1.54) is 30.6 Å². The molecule has 0 aromatic carbocycles. The Morgan fingerprint density at radius 1 is 1.62 bits per heavy atom. The Kier molecular flexibility index (Phi) is 2.80. The van der Waals surface area contributed by atoms with Crippen LogP contribution in [0.4, 0.5) is 5.13 Å². The molecule has 0 bridgehead atoms. The molecule has 1 fully saturated rings. The molecule has 1 aliphatic carbocycles. The van der Waals surface area contributed by atoms with Crippen LogP contribution >= 0.6 is 11.3 Å². The monoisotopic (exact) mass is 198 g/mol. The molecule has 0 radical (unpaired) electrons. The second-order valence-electron chi connectivity index (χ2n) is 3.45. The average Bonchev–Trinajstić information content (AvgIpc) is 2.84. The van der Waals surface area contributed by atoms with Gasteiger partial charge in [0.05, 0.1) is 11.5 Å². The van der Waals surface area contributed by atoms with E-state index in [1.54, 1.807) is 6.20 Å². The molecule has 72 valence electrons. The van der Waals surface area contributed by atoms with Gasteiger partial charge in [-0.1, -0.05) is 24.2 Å². The van der Waals surface area contributed by atoms with Gasteiger partial charge >= 0.3 is 0 Å². The van der Waals surface area contributed by atoms with Crippen molar-refractivity contribution < 1.29 is 4.74 Å². The molecule has 1 saturated carbocycles. The van der Waals surface area contributed by atoms with Gasteiger partial charge in [0.15, 0.2) is 5.13 Å². The van der Waals surface area contributed by atoms with Crippen LogP contribution in [-0.4, -0.2) is 11.6 Å². The van der Waals surface area contributed by atoms with E-state index < -0.39 is 0 Å². The number of nitrogen functional groups attached to an aromatic ring is 1. The van der Waals surface area contributed by atoms with Crippen LogP contribution in [0.3, 0.4) is 0 Å².